The molecule has 0 fully saturated rings. The van der Waals surface area contributed by atoms with E-state index in [1.807, 2.05) is 0 Å². The summed E-state index contributed by atoms with van der Waals surface area (Å²) >= 11 is 6.03. The number of carbonyl (C=O) groups excluding carboxylic acids is 1. The molecule has 0 bridgehead atoms. The van der Waals surface area contributed by atoms with Gasteiger partial charge in [0.15, 0.2) is 11.6 Å². The molecule has 8 heteroatoms. The number of ether oxygens (including phenoxy) is 1. The van der Waals surface area contributed by atoms with Crippen molar-refractivity contribution < 1.29 is 9.53 Å². The zero-order valence-corrected chi connectivity index (χ0v) is 14.9. The summed E-state index contributed by atoms with van der Waals surface area (Å²) in [7, 11) is 1.57. The van der Waals surface area contributed by atoms with Crippen LogP contribution in [0.4, 0.5) is 23.1 Å². The van der Waals surface area contributed by atoms with Crippen LogP contribution in [-0.2, 0) is 0 Å². The molecule has 0 aliphatic heterocycles. The highest BCUT2D eigenvalue weighted by Gasteiger charge is 2.08. The van der Waals surface area contributed by atoms with Crippen LogP contribution in [-0.4, -0.2) is 28.1 Å². The van der Waals surface area contributed by atoms with E-state index in [2.05, 4.69) is 25.8 Å². The Morgan fingerprint density at radius 3 is 2.58 bits per heavy atom. The van der Waals surface area contributed by atoms with Crippen molar-refractivity contribution in [3.8, 4) is 5.75 Å². The first kappa shape index (κ1) is 17.6. The number of benzene rings is 2. The molecule has 0 amide bonds. The lowest BCUT2D eigenvalue weighted by Crippen LogP contribution is -2.03. The van der Waals surface area contributed by atoms with Crippen molar-refractivity contribution in [1.82, 2.24) is 15.2 Å². The van der Waals surface area contributed by atoms with Gasteiger partial charge in [0.25, 0.3) is 0 Å². The average molecular weight is 370 g/mol. The van der Waals surface area contributed by atoms with Gasteiger partial charge in [0.05, 0.1) is 19.0 Å². The number of aromatic nitrogens is 3. The molecule has 0 atom stereocenters. The van der Waals surface area contributed by atoms with Crippen LogP contribution in [0.1, 0.15) is 17.3 Å². The summed E-state index contributed by atoms with van der Waals surface area (Å²) in [6, 6.07) is 12.3. The Bertz CT molecular complexity index is 931. The molecule has 0 radical (unpaired) electrons. The SMILES string of the molecule is COc1ccc(Cl)cc1Nc1nncc(Nc2ccc(C(C)=O)cc2)n1. The van der Waals surface area contributed by atoms with Gasteiger partial charge in [-0.3, -0.25) is 4.79 Å². The second-order valence-electron chi connectivity index (χ2n) is 5.39. The highest BCUT2D eigenvalue weighted by atomic mass is 35.5. The van der Waals surface area contributed by atoms with Crippen molar-refractivity contribution in [2.45, 2.75) is 6.92 Å². The molecule has 2 aromatic carbocycles. The zero-order chi connectivity index (χ0) is 18.5. The molecule has 0 aliphatic carbocycles. The van der Waals surface area contributed by atoms with Crippen LogP contribution < -0.4 is 15.4 Å². The highest BCUT2D eigenvalue weighted by Crippen LogP contribution is 2.29. The van der Waals surface area contributed by atoms with Gasteiger partial charge in [0.1, 0.15) is 5.75 Å². The average Bonchev–Trinajstić information content (AvgIpc) is 2.63. The molecular weight excluding hydrogens is 354 g/mol. The zero-order valence-electron chi connectivity index (χ0n) is 14.2. The van der Waals surface area contributed by atoms with E-state index in [9.17, 15) is 4.79 Å². The summed E-state index contributed by atoms with van der Waals surface area (Å²) < 4.78 is 5.29. The number of halogens is 1. The Morgan fingerprint density at radius 1 is 1.12 bits per heavy atom. The largest absolute Gasteiger partial charge is 0.495 e. The maximum atomic E-state index is 11.3. The van der Waals surface area contributed by atoms with Crippen LogP contribution in [0.2, 0.25) is 5.02 Å². The van der Waals surface area contributed by atoms with Crippen molar-refractivity contribution in [3.63, 3.8) is 0 Å². The van der Waals surface area contributed by atoms with Gasteiger partial charge in [0.2, 0.25) is 5.95 Å². The Labute approximate surface area is 155 Å². The Hall–Kier alpha value is -3.19. The Kier molecular flexibility index (Phi) is 5.28. The number of nitrogens with one attached hydrogen (secondary N) is 2. The van der Waals surface area contributed by atoms with Gasteiger partial charge in [-0.05, 0) is 49.4 Å². The van der Waals surface area contributed by atoms with Crippen LogP contribution in [0.3, 0.4) is 0 Å². The minimum Gasteiger partial charge on any atom is -0.495 e. The van der Waals surface area contributed by atoms with Crippen molar-refractivity contribution >= 4 is 40.5 Å². The second kappa shape index (κ2) is 7.79. The van der Waals surface area contributed by atoms with E-state index in [0.29, 0.717) is 27.8 Å². The number of anilines is 4. The van der Waals surface area contributed by atoms with Crippen LogP contribution in [0.25, 0.3) is 0 Å². The van der Waals surface area contributed by atoms with Crippen LogP contribution in [0.5, 0.6) is 5.75 Å². The van der Waals surface area contributed by atoms with Gasteiger partial charge in [-0.1, -0.05) is 11.6 Å². The van der Waals surface area contributed by atoms with E-state index < -0.39 is 0 Å². The van der Waals surface area contributed by atoms with Crippen LogP contribution in [0, 0.1) is 0 Å². The predicted octanol–water partition coefficient (Wildman–Crippen LogP) is 4.22. The topological polar surface area (TPSA) is 89.0 Å². The van der Waals surface area contributed by atoms with Crippen molar-refractivity contribution in [2.75, 3.05) is 17.7 Å². The van der Waals surface area contributed by atoms with E-state index in [0.717, 1.165) is 5.69 Å². The number of methoxy groups -OCH3 is 1. The lowest BCUT2D eigenvalue weighted by Gasteiger charge is -2.11. The van der Waals surface area contributed by atoms with Gasteiger partial charge < -0.3 is 15.4 Å². The summed E-state index contributed by atoms with van der Waals surface area (Å²) in [5.74, 6) is 1.41. The monoisotopic (exact) mass is 369 g/mol. The quantitative estimate of drug-likeness (QED) is 0.628. The summed E-state index contributed by atoms with van der Waals surface area (Å²) in [5.41, 5.74) is 2.05. The number of hydrogen-bond acceptors (Lipinski definition) is 7. The van der Waals surface area contributed by atoms with Gasteiger partial charge in [-0.25, -0.2) is 0 Å². The maximum absolute atomic E-state index is 11.3. The minimum atomic E-state index is 0.0159. The van der Waals surface area contributed by atoms with Crippen molar-refractivity contribution in [3.05, 3.63) is 59.2 Å². The molecule has 0 aliphatic rings. The lowest BCUT2D eigenvalue weighted by atomic mass is 10.1. The number of ketones is 1. The maximum Gasteiger partial charge on any atom is 0.249 e. The van der Waals surface area contributed by atoms with E-state index >= 15 is 0 Å². The van der Waals surface area contributed by atoms with Crippen molar-refractivity contribution in [2.24, 2.45) is 0 Å². The van der Waals surface area contributed by atoms with Gasteiger partial charge >= 0.3 is 0 Å². The Balaban J connectivity index is 1.78. The number of nitrogens with zero attached hydrogens (tertiary/aromatic N) is 3. The normalized spacial score (nSPS) is 10.3. The Morgan fingerprint density at radius 2 is 1.88 bits per heavy atom. The fraction of sp³-hybridized carbons (Fsp3) is 0.111. The van der Waals surface area contributed by atoms with Crippen LogP contribution >= 0.6 is 11.6 Å². The van der Waals surface area contributed by atoms with E-state index in [4.69, 9.17) is 16.3 Å². The van der Waals surface area contributed by atoms with E-state index in [1.54, 1.807) is 49.6 Å². The molecule has 1 heterocycles. The molecule has 3 rings (SSSR count). The first-order valence-electron chi connectivity index (χ1n) is 7.73. The molecule has 7 nitrogen and oxygen atoms in total. The van der Waals surface area contributed by atoms with E-state index in [-0.39, 0.29) is 11.7 Å². The number of carbonyl (C=O) groups is 1. The molecule has 0 spiro atoms. The molecule has 3 aromatic rings. The number of hydrogen-bond donors (Lipinski definition) is 2. The molecule has 0 saturated carbocycles. The van der Waals surface area contributed by atoms with Gasteiger partial charge in [-0.15, -0.1) is 5.10 Å². The lowest BCUT2D eigenvalue weighted by molar-refractivity contribution is 0.101. The summed E-state index contributed by atoms with van der Waals surface area (Å²) in [6.45, 7) is 1.53. The smallest absolute Gasteiger partial charge is 0.249 e. The summed E-state index contributed by atoms with van der Waals surface area (Å²) in [5, 5.41) is 14.6. The number of Topliss-reactive ketones (excluding diaryl/α,β-unsaturated/α-hetero) is 1. The highest BCUT2D eigenvalue weighted by molar-refractivity contribution is 6.31. The third-order valence-electron chi connectivity index (χ3n) is 3.53. The fourth-order valence-electron chi connectivity index (χ4n) is 2.25. The number of rotatable bonds is 6. The molecule has 0 saturated heterocycles. The third kappa shape index (κ3) is 4.25. The van der Waals surface area contributed by atoms with Gasteiger partial charge in [0, 0.05) is 16.3 Å². The van der Waals surface area contributed by atoms with Gasteiger partial charge in [-0.2, -0.15) is 10.1 Å². The summed E-state index contributed by atoms with van der Waals surface area (Å²) in [4.78, 5) is 15.7. The minimum absolute atomic E-state index is 0.0159. The molecular formula is C18H16ClN5O2. The first-order valence-corrected chi connectivity index (χ1v) is 8.11. The molecule has 2 N–H and O–H groups in total. The standard InChI is InChI=1S/C18H16ClN5O2/c1-11(25)12-3-6-14(7-4-12)21-17-10-20-24-18(23-17)22-15-9-13(19)5-8-16(15)26-2/h3-10H,1-2H3,(H2,21,22,23,24). The second-order valence-corrected chi connectivity index (χ2v) is 5.83. The summed E-state index contributed by atoms with van der Waals surface area (Å²) in [6.07, 6.45) is 1.50. The van der Waals surface area contributed by atoms with E-state index in [1.165, 1.54) is 13.1 Å². The molecule has 1 aromatic heterocycles. The van der Waals surface area contributed by atoms with Crippen LogP contribution in [0.15, 0.2) is 48.7 Å². The predicted molar refractivity (Wildman–Crippen MR) is 101 cm³/mol. The molecule has 132 valence electrons. The molecule has 26 heavy (non-hydrogen) atoms. The third-order valence-corrected chi connectivity index (χ3v) is 3.77. The van der Waals surface area contributed by atoms with Crippen molar-refractivity contribution in [1.29, 1.82) is 0 Å². The fourth-order valence-corrected chi connectivity index (χ4v) is 2.42. The molecule has 0 unspecified atom stereocenters. The first-order chi connectivity index (χ1) is 12.5.